The summed E-state index contributed by atoms with van der Waals surface area (Å²) >= 11 is 4.27. The average molecular weight is 247 g/mol. The molecule has 1 N–H and O–H groups in total. The number of nitrogens with one attached hydrogen (secondary N) is 1. The van der Waals surface area contributed by atoms with Gasteiger partial charge in [-0.05, 0) is 24.0 Å². The maximum Gasteiger partial charge on any atom is 0.220 e. The number of rotatable bonds is 8. The topological polar surface area (TPSA) is 47.6 Å². The highest BCUT2D eigenvalue weighted by Crippen LogP contribution is 2.49. The van der Waals surface area contributed by atoms with Crippen LogP contribution in [-0.2, 0) is 14.3 Å². The van der Waals surface area contributed by atoms with Crippen LogP contribution in [-0.4, -0.2) is 45.1 Å². The molecule has 5 heteroatoms. The molecule has 1 unspecified atom stereocenters. The van der Waals surface area contributed by atoms with Gasteiger partial charge in [0.05, 0.1) is 12.7 Å². The van der Waals surface area contributed by atoms with Crippen molar-refractivity contribution in [3.8, 4) is 0 Å². The van der Waals surface area contributed by atoms with Gasteiger partial charge in [-0.3, -0.25) is 4.79 Å². The minimum absolute atomic E-state index is 0.0693. The number of ether oxygens (including phenoxy) is 2. The van der Waals surface area contributed by atoms with Crippen LogP contribution >= 0.6 is 12.6 Å². The maximum atomic E-state index is 11.6. The predicted molar refractivity (Wildman–Crippen MR) is 65.8 cm³/mol. The van der Waals surface area contributed by atoms with Crippen molar-refractivity contribution in [2.75, 3.05) is 33.1 Å². The van der Waals surface area contributed by atoms with E-state index in [1.807, 2.05) is 0 Å². The molecule has 1 saturated carbocycles. The summed E-state index contributed by atoms with van der Waals surface area (Å²) in [4.78, 5) is 11.6. The molecule has 1 aliphatic rings. The molecule has 1 aliphatic carbocycles. The Morgan fingerprint density at radius 2 is 2.19 bits per heavy atom. The summed E-state index contributed by atoms with van der Waals surface area (Å²) in [6.07, 6.45) is 2.76. The van der Waals surface area contributed by atoms with E-state index in [0.717, 1.165) is 18.6 Å². The van der Waals surface area contributed by atoms with Crippen LogP contribution in [0.3, 0.4) is 0 Å². The number of methoxy groups -OCH3 is 2. The van der Waals surface area contributed by atoms with E-state index in [1.54, 1.807) is 14.2 Å². The first kappa shape index (κ1) is 13.8. The van der Waals surface area contributed by atoms with Gasteiger partial charge in [-0.25, -0.2) is 0 Å². The molecule has 0 aromatic rings. The third-order valence-corrected chi connectivity index (χ3v) is 3.71. The number of carbonyl (C=O) groups is 1. The molecule has 0 aromatic carbocycles. The summed E-state index contributed by atoms with van der Waals surface area (Å²) in [5, 5.41) is 2.87. The van der Waals surface area contributed by atoms with Gasteiger partial charge in [-0.2, -0.15) is 12.6 Å². The molecular formula is C11H21NO3S. The summed E-state index contributed by atoms with van der Waals surface area (Å²) in [7, 11) is 3.24. The number of hydrogen-bond acceptors (Lipinski definition) is 4. The lowest BCUT2D eigenvalue weighted by Gasteiger charge is -2.16. The smallest absolute Gasteiger partial charge is 0.220 e. The van der Waals surface area contributed by atoms with E-state index in [0.29, 0.717) is 19.6 Å². The standard InChI is InChI=1S/C11H21NO3S/c1-14-7-9(15-2)6-12-10(13)5-11(8-16)3-4-11/h9,16H,3-8H2,1-2H3,(H,12,13). The molecule has 94 valence electrons. The Balaban J connectivity index is 2.19. The van der Waals surface area contributed by atoms with Crippen molar-refractivity contribution in [3.05, 3.63) is 0 Å². The first-order chi connectivity index (χ1) is 7.65. The minimum atomic E-state index is -0.0693. The number of carbonyl (C=O) groups excluding carboxylic acids is 1. The van der Waals surface area contributed by atoms with Crippen LogP contribution in [0.25, 0.3) is 0 Å². The summed E-state index contributed by atoms with van der Waals surface area (Å²) in [5.41, 5.74) is 0.178. The van der Waals surface area contributed by atoms with Crippen LogP contribution in [0, 0.1) is 5.41 Å². The third-order valence-electron chi connectivity index (χ3n) is 3.04. The van der Waals surface area contributed by atoms with Crippen LogP contribution in [0.15, 0.2) is 0 Å². The van der Waals surface area contributed by atoms with E-state index in [1.165, 1.54) is 0 Å². The molecule has 0 radical (unpaired) electrons. The molecule has 0 aromatic heterocycles. The molecule has 0 heterocycles. The Morgan fingerprint density at radius 3 is 2.62 bits per heavy atom. The van der Waals surface area contributed by atoms with Gasteiger partial charge in [0.15, 0.2) is 0 Å². The lowest BCUT2D eigenvalue weighted by atomic mass is 10.1. The molecule has 16 heavy (non-hydrogen) atoms. The van der Waals surface area contributed by atoms with Gasteiger partial charge in [-0.1, -0.05) is 0 Å². The molecule has 0 saturated heterocycles. The Bertz CT molecular complexity index is 231. The minimum Gasteiger partial charge on any atom is -0.382 e. The van der Waals surface area contributed by atoms with Crippen LogP contribution in [0.4, 0.5) is 0 Å². The van der Waals surface area contributed by atoms with Crippen molar-refractivity contribution in [2.45, 2.75) is 25.4 Å². The van der Waals surface area contributed by atoms with Crippen molar-refractivity contribution >= 4 is 18.5 Å². The number of thiol groups is 1. The van der Waals surface area contributed by atoms with Gasteiger partial charge in [-0.15, -0.1) is 0 Å². The fourth-order valence-electron chi connectivity index (χ4n) is 1.59. The molecule has 1 fully saturated rings. The molecule has 1 amide bonds. The molecule has 4 nitrogen and oxygen atoms in total. The Labute approximate surface area is 102 Å². The van der Waals surface area contributed by atoms with Crippen molar-refractivity contribution in [3.63, 3.8) is 0 Å². The maximum absolute atomic E-state index is 11.6. The molecule has 0 aliphatic heterocycles. The largest absolute Gasteiger partial charge is 0.382 e. The zero-order chi connectivity index (χ0) is 12.0. The second-order valence-corrected chi connectivity index (χ2v) is 4.77. The third kappa shape index (κ3) is 4.31. The van der Waals surface area contributed by atoms with Crippen molar-refractivity contribution < 1.29 is 14.3 Å². The second kappa shape index (κ2) is 6.47. The lowest BCUT2D eigenvalue weighted by Crippen LogP contribution is -2.36. The zero-order valence-corrected chi connectivity index (χ0v) is 10.9. The van der Waals surface area contributed by atoms with Gasteiger partial charge in [0.2, 0.25) is 5.91 Å². The summed E-state index contributed by atoms with van der Waals surface area (Å²) in [5.74, 6) is 0.886. The Morgan fingerprint density at radius 1 is 1.50 bits per heavy atom. The first-order valence-corrected chi connectivity index (χ1v) is 6.18. The summed E-state index contributed by atoms with van der Waals surface area (Å²) < 4.78 is 10.1. The number of amides is 1. The normalized spacial score (nSPS) is 19.2. The van der Waals surface area contributed by atoms with E-state index >= 15 is 0 Å². The van der Waals surface area contributed by atoms with Crippen LogP contribution in [0.2, 0.25) is 0 Å². The predicted octanol–water partition coefficient (Wildman–Crippen LogP) is 0.864. The SMILES string of the molecule is COCC(CNC(=O)CC1(CS)CC1)OC. The van der Waals surface area contributed by atoms with Crippen molar-refractivity contribution in [1.82, 2.24) is 5.32 Å². The molecular weight excluding hydrogens is 226 g/mol. The molecule has 1 rings (SSSR count). The number of hydrogen-bond donors (Lipinski definition) is 2. The van der Waals surface area contributed by atoms with Gasteiger partial charge in [0.1, 0.15) is 0 Å². The summed E-state index contributed by atoms with van der Waals surface area (Å²) in [6.45, 7) is 1.00. The second-order valence-electron chi connectivity index (χ2n) is 4.45. The first-order valence-electron chi connectivity index (χ1n) is 5.55. The van der Waals surface area contributed by atoms with Crippen molar-refractivity contribution in [1.29, 1.82) is 0 Å². The monoisotopic (exact) mass is 247 g/mol. The van der Waals surface area contributed by atoms with E-state index in [2.05, 4.69) is 17.9 Å². The zero-order valence-electron chi connectivity index (χ0n) is 9.99. The van der Waals surface area contributed by atoms with Gasteiger partial charge >= 0.3 is 0 Å². The average Bonchev–Trinajstić information content (AvgIpc) is 3.04. The van der Waals surface area contributed by atoms with Gasteiger partial charge in [0.25, 0.3) is 0 Å². The van der Waals surface area contributed by atoms with E-state index in [4.69, 9.17) is 9.47 Å². The van der Waals surface area contributed by atoms with Gasteiger partial charge < -0.3 is 14.8 Å². The van der Waals surface area contributed by atoms with Crippen LogP contribution in [0.1, 0.15) is 19.3 Å². The quantitative estimate of drug-likeness (QED) is 0.626. The highest BCUT2D eigenvalue weighted by Gasteiger charge is 2.42. The Kier molecular flexibility index (Phi) is 5.58. The highest BCUT2D eigenvalue weighted by atomic mass is 32.1. The van der Waals surface area contributed by atoms with E-state index in [-0.39, 0.29) is 17.4 Å². The fraction of sp³-hybridized carbons (Fsp3) is 0.909. The van der Waals surface area contributed by atoms with Crippen LogP contribution in [0.5, 0.6) is 0 Å². The summed E-state index contributed by atoms with van der Waals surface area (Å²) in [6, 6.07) is 0. The molecule has 1 atom stereocenters. The lowest BCUT2D eigenvalue weighted by molar-refractivity contribution is -0.122. The Hall–Kier alpha value is -0.260. The van der Waals surface area contributed by atoms with Crippen molar-refractivity contribution in [2.24, 2.45) is 5.41 Å². The molecule has 0 bridgehead atoms. The van der Waals surface area contributed by atoms with Crippen LogP contribution < -0.4 is 5.32 Å². The van der Waals surface area contributed by atoms with Gasteiger partial charge in [0, 0.05) is 27.2 Å². The van der Waals surface area contributed by atoms with E-state index < -0.39 is 0 Å². The molecule has 0 spiro atoms. The fourth-order valence-corrected chi connectivity index (χ4v) is 2.02. The highest BCUT2D eigenvalue weighted by molar-refractivity contribution is 7.80. The van der Waals surface area contributed by atoms with E-state index in [9.17, 15) is 4.79 Å².